The molecule has 1 aliphatic rings. The Morgan fingerprint density at radius 2 is 1.57 bits per heavy atom. The monoisotopic (exact) mass is 330 g/mol. The smallest absolute Gasteiger partial charge is 0.119 e. The highest BCUT2D eigenvalue weighted by molar-refractivity contribution is 6.30. The van der Waals surface area contributed by atoms with Crippen LogP contribution in [0.5, 0.6) is 5.75 Å². The number of anilines is 1. The van der Waals surface area contributed by atoms with Crippen molar-refractivity contribution in [3.63, 3.8) is 0 Å². The summed E-state index contributed by atoms with van der Waals surface area (Å²) < 4.78 is 5.75. The molecule has 0 radical (unpaired) electrons. The Balaban J connectivity index is 1.34. The molecule has 0 amide bonds. The fourth-order valence-corrected chi connectivity index (χ4v) is 3.00. The van der Waals surface area contributed by atoms with Gasteiger partial charge in [0.2, 0.25) is 0 Å². The number of piperazine rings is 1. The first-order valence-electron chi connectivity index (χ1n) is 8.22. The van der Waals surface area contributed by atoms with Crippen molar-refractivity contribution in [1.29, 1.82) is 0 Å². The van der Waals surface area contributed by atoms with Crippen LogP contribution in [0, 0.1) is 0 Å². The Morgan fingerprint density at radius 3 is 2.26 bits per heavy atom. The van der Waals surface area contributed by atoms with E-state index in [1.807, 2.05) is 24.3 Å². The molecular weight excluding hydrogens is 308 g/mol. The molecule has 3 nitrogen and oxygen atoms in total. The van der Waals surface area contributed by atoms with Crippen molar-refractivity contribution in [1.82, 2.24) is 4.90 Å². The highest BCUT2D eigenvalue weighted by Crippen LogP contribution is 2.17. The zero-order valence-electron chi connectivity index (χ0n) is 13.3. The average Bonchev–Trinajstić information content (AvgIpc) is 2.62. The SMILES string of the molecule is Clc1ccc(OCCCN2CCN(c3ccccc3)CC2)cc1. The van der Waals surface area contributed by atoms with Gasteiger partial charge in [-0.25, -0.2) is 0 Å². The summed E-state index contributed by atoms with van der Waals surface area (Å²) in [6, 6.07) is 18.2. The second kappa shape index (κ2) is 8.23. The first kappa shape index (κ1) is 16.2. The van der Waals surface area contributed by atoms with E-state index < -0.39 is 0 Å². The quantitative estimate of drug-likeness (QED) is 0.746. The summed E-state index contributed by atoms with van der Waals surface area (Å²) in [5, 5.41) is 0.744. The number of benzene rings is 2. The van der Waals surface area contributed by atoms with Crippen LogP contribution in [0.3, 0.4) is 0 Å². The van der Waals surface area contributed by atoms with Gasteiger partial charge in [0.1, 0.15) is 5.75 Å². The van der Waals surface area contributed by atoms with Crippen LogP contribution in [-0.2, 0) is 0 Å². The number of hydrogen-bond acceptors (Lipinski definition) is 3. The molecule has 0 unspecified atom stereocenters. The van der Waals surface area contributed by atoms with Crippen molar-refractivity contribution in [2.24, 2.45) is 0 Å². The predicted octanol–water partition coefficient (Wildman–Crippen LogP) is 3.93. The van der Waals surface area contributed by atoms with Gasteiger partial charge in [0, 0.05) is 43.4 Å². The number of hydrogen-bond donors (Lipinski definition) is 0. The molecule has 4 heteroatoms. The van der Waals surface area contributed by atoms with E-state index >= 15 is 0 Å². The van der Waals surface area contributed by atoms with Crippen LogP contribution in [0.2, 0.25) is 5.02 Å². The summed E-state index contributed by atoms with van der Waals surface area (Å²) in [4.78, 5) is 4.98. The number of halogens is 1. The van der Waals surface area contributed by atoms with Gasteiger partial charge in [0.25, 0.3) is 0 Å². The molecule has 23 heavy (non-hydrogen) atoms. The predicted molar refractivity (Wildman–Crippen MR) is 96.7 cm³/mol. The summed E-state index contributed by atoms with van der Waals surface area (Å²) in [6.45, 7) is 6.28. The normalized spacial score (nSPS) is 15.6. The molecule has 0 atom stereocenters. The maximum atomic E-state index is 5.86. The van der Waals surface area contributed by atoms with Gasteiger partial charge in [-0.3, -0.25) is 4.90 Å². The summed E-state index contributed by atoms with van der Waals surface area (Å²) in [7, 11) is 0. The van der Waals surface area contributed by atoms with Crippen LogP contribution in [-0.4, -0.2) is 44.2 Å². The molecule has 0 aromatic heterocycles. The molecule has 2 aromatic rings. The molecule has 0 bridgehead atoms. The maximum Gasteiger partial charge on any atom is 0.119 e. The highest BCUT2D eigenvalue weighted by Gasteiger charge is 2.16. The number of nitrogens with zero attached hydrogens (tertiary/aromatic N) is 2. The number of para-hydroxylation sites is 1. The van der Waals surface area contributed by atoms with Gasteiger partial charge in [-0.15, -0.1) is 0 Å². The zero-order chi connectivity index (χ0) is 15.9. The Hall–Kier alpha value is -1.71. The van der Waals surface area contributed by atoms with Gasteiger partial charge in [-0.05, 0) is 42.8 Å². The van der Waals surface area contributed by atoms with E-state index in [1.165, 1.54) is 5.69 Å². The van der Waals surface area contributed by atoms with E-state index in [-0.39, 0.29) is 0 Å². The van der Waals surface area contributed by atoms with Crippen molar-refractivity contribution in [2.75, 3.05) is 44.2 Å². The lowest BCUT2D eigenvalue weighted by Gasteiger charge is -2.36. The Kier molecular flexibility index (Phi) is 5.78. The average molecular weight is 331 g/mol. The van der Waals surface area contributed by atoms with Crippen LogP contribution < -0.4 is 9.64 Å². The molecular formula is C19H23ClN2O. The fourth-order valence-electron chi connectivity index (χ4n) is 2.88. The van der Waals surface area contributed by atoms with Crippen molar-refractivity contribution in [3.8, 4) is 5.75 Å². The van der Waals surface area contributed by atoms with Gasteiger partial charge in [-0.2, -0.15) is 0 Å². The van der Waals surface area contributed by atoms with E-state index in [0.29, 0.717) is 0 Å². The molecule has 0 saturated carbocycles. The molecule has 1 saturated heterocycles. The molecule has 2 aromatic carbocycles. The standard InChI is InChI=1S/C19H23ClN2O/c20-17-7-9-19(10-8-17)23-16-4-11-21-12-14-22(15-13-21)18-5-2-1-3-6-18/h1-3,5-10H,4,11-16H2. The Morgan fingerprint density at radius 1 is 0.870 bits per heavy atom. The largest absolute Gasteiger partial charge is 0.494 e. The first-order chi connectivity index (χ1) is 11.3. The second-order valence-corrected chi connectivity index (χ2v) is 6.26. The summed E-state index contributed by atoms with van der Waals surface area (Å²) in [5.74, 6) is 0.892. The molecule has 1 fully saturated rings. The number of rotatable bonds is 6. The topological polar surface area (TPSA) is 15.7 Å². The summed E-state index contributed by atoms with van der Waals surface area (Å²) in [6.07, 6.45) is 1.05. The van der Waals surface area contributed by atoms with E-state index in [2.05, 4.69) is 40.1 Å². The van der Waals surface area contributed by atoms with Crippen LogP contribution in [0.4, 0.5) is 5.69 Å². The van der Waals surface area contributed by atoms with Gasteiger partial charge in [-0.1, -0.05) is 29.8 Å². The van der Waals surface area contributed by atoms with Gasteiger partial charge in [0.15, 0.2) is 0 Å². The van der Waals surface area contributed by atoms with Crippen molar-refractivity contribution in [2.45, 2.75) is 6.42 Å². The Bertz CT molecular complexity index is 580. The maximum absolute atomic E-state index is 5.86. The minimum Gasteiger partial charge on any atom is -0.494 e. The van der Waals surface area contributed by atoms with Crippen LogP contribution in [0.15, 0.2) is 54.6 Å². The zero-order valence-corrected chi connectivity index (χ0v) is 14.1. The molecule has 1 aliphatic heterocycles. The third-order valence-electron chi connectivity index (χ3n) is 4.19. The minimum atomic E-state index is 0.744. The van der Waals surface area contributed by atoms with Crippen LogP contribution >= 0.6 is 11.6 Å². The van der Waals surface area contributed by atoms with E-state index in [4.69, 9.17) is 16.3 Å². The molecule has 122 valence electrons. The minimum absolute atomic E-state index is 0.744. The fraction of sp³-hybridized carbons (Fsp3) is 0.368. The third kappa shape index (κ3) is 4.88. The van der Waals surface area contributed by atoms with Crippen molar-refractivity contribution in [3.05, 3.63) is 59.6 Å². The molecule has 3 rings (SSSR count). The van der Waals surface area contributed by atoms with E-state index in [0.717, 1.165) is 56.5 Å². The molecule has 0 spiro atoms. The molecule has 0 N–H and O–H groups in total. The van der Waals surface area contributed by atoms with E-state index in [1.54, 1.807) is 0 Å². The third-order valence-corrected chi connectivity index (χ3v) is 4.45. The lowest BCUT2D eigenvalue weighted by Crippen LogP contribution is -2.46. The van der Waals surface area contributed by atoms with Crippen molar-refractivity contribution < 1.29 is 4.74 Å². The second-order valence-electron chi connectivity index (χ2n) is 5.82. The number of ether oxygens (including phenoxy) is 1. The van der Waals surface area contributed by atoms with Crippen LogP contribution in [0.25, 0.3) is 0 Å². The van der Waals surface area contributed by atoms with Gasteiger partial charge < -0.3 is 9.64 Å². The van der Waals surface area contributed by atoms with Crippen molar-refractivity contribution >= 4 is 17.3 Å². The first-order valence-corrected chi connectivity index (χ1v) is 8.60. The lowest BCUT2D eigenvalue weighted by atomic mass is 10.2. The lowest BCUT2D eigenvalue weighted by molar-refractivity contribution is 0.225. The summed E-state index contributed by atoms with van der Waals surface area (Å²) in [5.41, 5.74) is 1.33. The van der Waals surface area contributed by atoms with Gasteiger partial charge >= 0.3 is 0 Å². The van der Waals surface area contributed by atoms with E-state index in [9.17, 15) is 0 Å². The van der Waals surface area contributed by atoms with Gasteiger partial charge in [0.05, 0.1) is 6.61 Å². The Labute approximate surface area is 143 Å². The summed E-state index contributed by atoms with van der Waals surface area (Å²) >= 11 is 5.86. The molecule has 1 heterocycles. The highest BCUT2D eigenvalue weighted by atomic mass is 35.5. The van der Waals surface area contributed by atoms with Crippen LogP contribution in [0.1, 0.15) is 6.42 Å². The molecule has 0 aliphatic carbocycles.